The van der Waals surface area contributed by atoms with Crippen LogP contribution in [0.3, 0.4) is 0 Å². The normalized spacial score (nSPS) is 20.1. The number of hydrogen-bond donors (Lipinski definition) is 3. The molecule has 23 heavy (non-hydrogen) atoms. The zero-order valence-electron chi connectivity index (χ0n) is 12.9. The molecule has 1 fully saturated rings. The summed E-state index contributed by atoms with van der Waals surface area (Å²) >= 11 is 1.45. The highest BCUT2D eigenvalue weighted by Gasteiger charge is 2.25. The Bertz CT molecular complexity index is 657. The highest BCUT2D eigenvalue weighted by Crippen LogP contribution is 2.28. The van der Waals surface area contributed by atoms with Gasteiger partial charge in [-0.15, -0.1) is 23.7 Å². The first-order valence-corrected chi connectivity index (χ1v) is 8.34. The molecule has 0 bridgehead atoms. The smallest absolute Gasteiger partial charge is 0.261 e. The fourth-order valence-electron chi connectivity index (χ4n) is 2.68. The number of aliphatic hydroxyl groups excluding tert-OH is 1. The first-order chi connectivity index (χ1) is 10.6. The second kappa shape index (κ2) is 7.93. The number of halogens is 1. The van der Waals surface area contributed by atoms with Crippen molar-refractivity contribution in [3.8, 4) is 11.1 Å². The number of benzene rings is 1. The van der Waals surface area contributed by atoms with Crippen LogP contribution in [-0.4, -0.2) is 36.8 Å². The molecule has 6 heteroatoms. The Balaban J connectivity index is 0.00000192. The molecule has 2 atom stereocenters. The Kier molecular flexibility index (Phi) is 6.18. The van der Waals surface area contributed by atoms with E-state index in [4.69, 9.17) is 0 Å². The number of carbonyl (C=O) groups is 1. The van der Waals surface area contributed by atoms with E-state index in [-0.39, 0.29) is 30.3 Å². The van der Waals surface area contributed by atoms with E-state index in [0.29, 0.717) is 13.1 Å². The van der Waals surface area contributed by atoms with Crippen molar-refractivity contribution in [2.24, 2.45) is 5.92 Å². The number of aryl methyl sites for hydroxylation is 1. The van der Waals surface area contributed by atoms with Crippen molar-refractivity contribution in [1.82, 2.24) is 10.6 Å². The van der Waals surface area contributed by atoms with Gasteiger partial charge in [-0.25, -0.2) is 0 Å². The van der Waals surface area contributed by atoms with Gasteiger partial charge in [0.25, 0.3) is 5.91 Å². The number of amides is 1. The summed E-state index contributed by atoms with van der Waals surface area (Å²) in [7, 11) is 0. The molecular weight excluding hydrogens is 332 g/mol. The van der Waals surface area contributed by atoms with Gasteiger partial charge in [0.05, 0.1) is 11.0 Å². The van der Waals surface area contributed by atoms with E-state index >= 15 is 0 Å². The lowest BCUT2D eigenvalue weighted by Gasteiger charge is -2.14. The van der Waals surface area contributed by atoms with Gasteiger partial charge in [0.2, 0.25) is 0 Å². The molecule has 2 unspecified atom stereocenters. The molecular formula is C17H21ClN2O2S. The van der Waals surface area contributed by atoms with Crippen molar-refractivity contribution in [3.63, 3.8) is 0 Å². The maximum atomic E-state index is 12.4. The molecule has 0 spiro atoms. The first kappa shape index (κ1) is 17.9. The minimum atomic E-state index is -0.375. The Morgan fingerprint density at radius 2 is 2.04 bits per heavy atom. The molecule has 2 aromatic rings. The van der Waals surface area contributed by atoms with E-state index in [1.807, 2.05) is 30.5 Å². The third kappa shape index (κ3) is 4.12. The maximum absolute atomic E-state index is 12.4. The zero-order valence-corrected chi connectivity index (χ0v) is 14.5. The highest BCUT2D eigenvalue weighted by molar-refractivity contribution is 7.12. The van der Waals surface area contributed by atoms with Gasteiger partial charge < -0.3 is 15.7 Å². The van der Waals surface area contributed by atoms with Gasteiger partial charge in [0, 0.05) is 31.1 Å². The van der Waals surface area contributed by atoms with Gasteiger partial charge in [-0.1, -0.05) is 29.8 Å². The quantitative estimate of drug-likeness (QED) is 0.792. The van der Waals surface area contributed by atoms with Crippen LogP contribution in [0.5, 0.6) is 0 Å². The summed E-state index contributed by atoms with van der Waals surface area (Å²) < 4.78 is 0. The minimum Gasteiger partial charge on any atom is -0.391 e. The Hall–Kier alpha value is -1.40. The zero-order chi connectivity index (χ0) is 15.5. The number of rotatable bonds is 4. The fourth-order valence-corrected chi connectivity index (χ4v) is 3.51. The van der Waals surface area contributed by atoms with Gasteiger partial charge >= 0.3 is 0 Å². The van der Waals surface area contributed by atoms with Crippen molar-refractivity contribution >= 4 is 29.7 Å². The van der Waals surface area contributed by atoms with Crippen LogP contribution in [0.25, 0.3) is 11.1 Å². The van der Waals surface area contributed by atoms with Crippen molar-refractivity contribution in [2.45, 2.75) is 13.0 Å². The highest BCUT2D eigenvalue weighted by atomic mass is 35.5. The largest absolute Gasteiger partial charge is 0.391 e. The maximum Gasteiger partial charge on any atom is 0.261 e. The van der Waals surface area contributed by atoms with Crippen molar-refractivity contribution in [2.75, 3.05) is 19.6 Å². The van der Waals surface area contributed by atoms with Gasteiger partial charge in [0.1, 0.15) is 0 Å². The monoisotopic (exact) mass is 352 g/mol. The molecule has 1 aliphatic heterocycles. The molecule has 1 aromatic heterocycles. The Morgan fingerprint density at radius 1 is 1.30 bits per heavy atom. The topological polar surface area (TPSA) is 61.4 Å². The lowest BCUT2D eigenvalue weighted by atomic mass is 10.0. The number of β-amino-alcohol motifs (C(OH)–C–C–N with tert-alkyl or cyclic N) is 1. The summed E-state index contributed by atoms with van der Waals surface area (Å²) in [4.78, 5) is 13.2. The second-order valence-corrected chi connectivity index (χ2v) is 6.64. The van der Waals surface area contributed by atoms with Crippen LogP contribution in [0.4, 0.5) is 0 Å². The molecule has 0 aliphatic carbocycles. The lowest BCUT2D eigenvalue weighted by Crippen LogP contribution is -2.34. The molecule has 0 saturated carbocycles. The minimum absolute atomic E-state index is 0. The molecule has 0 radical (unpaired) electrons. The summed E-state index contributed by atoms with van der Waals surface area (Å²) in [5.74, 6) is 0.0245. The van der Waals surface area contributed by atoms with Crippen molar-refractivity contribution in [3.05, 3.63) is 46.2 Å². The van der Waals surface area contributed by atoms with Gasteiger partial charge in [-0.3, -0.25) is 4.79 Å². The summed E-state index contributed by atoms with van der Waals surface area (Å²) in [6.45, 7) is 3.90. The van der Waals surface area contributed by atoms with E-state index < -0.39 is 0 Å². The van der Waals surface area contributed by atoms with E-state index in [1.54, 1.807) is 0 Å². The molecule has 4 nitrogen and oxygen atoms in total. The Morgan fingerprint density at radius 3 is 2.70 bits per heavy atom. The number of hydrogen-bond acceptors (Lipinski definition) is 4. The van der Waals surface area contributed by atoms with Crippen molar-refractivity contribution in [1.29, 1.82) is 0 Å². The molecule has 1 saturated heterocycles. The average Bonchev–Trinajstić information content (AvgIpc) is 3.15. The predicted molar refractivity (Wildman–Crippen MR) is 96.4 cm³/mol. The molecule has 1 aliphatic rings. The number of nitrogens with one attached hydrogen (secondary N) is 2. The van der Waals surface area contributed by atoms with Gasteiger partial charge in [-0.05, 0) is 23.9 Å². The third-order valence-electron chi connectivity index (χ3n) is 4.06. The Labute approximate surface area is 146 Å². The second-order valence-electron chi connectivity index (χ2n) is 5.73. The molecule has 3 rings (SSSR count). The van der Waals surface area contributed by atoms with Crippen LogP contribution in [0.1, 0.15) is 15.2 Å². The standard InChI is InChI=1S/C17H20N2O2S.ClH/c1-11-2-4-12(5-3-11)14-6-7-22-16(14)17(21)19-9-13-8-18-10-15(13)20;/h2-7,13,15,18,20H,8-10H2,1H3,(H,19,21);1H. The van der Waals surface area contributed by atoms with Crippen LogP contribution in [0.2, 0.25) is 0 Å². The number of aliphatic hydroxyl groups is 1. The molecule has 3 N–H and O–H groups in total. The fraction of sp³-hybridized carbons (Fsp3) is 0.353. The number of thiophene rings is 1. The van der Waals surface area contributed by atoms with Gasteiger partial charge in [-0.2, -0.15) is 0 Å². The van der Waals surface area contributed by atoms with Crippen LogP contribution in [0.15, 0.2) is 35.7 Å². The SMILES string of the molecule is Cc1ccc(-c2ccsc2C(=O)NCC2CNCC2O)cc1.Cl. The van der Waals surface area contributed by atoms with E-state index in [2.05, 4.69) is 22.8 Å². The lowest BCUT2D eigenvalue weighted by molar-refractivity contribution is 0.0931. The van der Waals surface area contributed by atoms with Crippen LogP contribution in [-0.2, 0) is 0 Å². The molecule has 2 heterocycles. The summed E-state index contributed by atoms with van der Waals surface area (Å²) in [5, 5.41) is 17.8. The third-order valence-corrected chi connectivity index (χ3v) is 4.98. The van der Waals surface area contributed by atoms with Crippen LogP contribution < -0.4 is 10.6 Å². The summed E-state index contributed by atoms with van der Waals surface area (Å²) in [5.41, 5.74) is 3.22. The summed E-state index contributed by atoms with van der Waals surface area (Å²) in [6, 6.07) is 10.2. The van der Waals surface area contributed by atoms with Crippen molar-refractivity contribution < 1.29 is 9.90 Å². The van der Waals surface area contributed by atoms with E-state index in [9.17, 15) is 9.90 Å². The molecule has 124 valence electrons. The average molecular weight is 353 g/mol. The number of carbonyl (C=O) groups excluding carboxylic acids is 1. The predicted octanol–water partition coefficient (Wildman–Crippen LogP) is 2.46. The van der Waals surface area contributed by atoms with Gasteiger partial charge in [0.15, 0.2) is 0 Å². The van der Waals surface area contributed by atoms with Crippen LogP contribution >= 0.6 is 23.7 Å². The summed E-state index contributed by atoms with van der Waals surface area (Å²) in [6.07, 6.45) is -0.375. The van der Waals surface area contributed by atoms with Crippen LogP contribution in [0, 0.1) is 12.8 Å². The van der Waals surface area contributed by atoms with E-state index in [1.165, 1.54) is 16.9 Å². The first-order valence-electron chi connectivity index (χ1n) is 7.46. The van der Waals surface area contributed by atoms with E-state index in [0.717, 1.165) is 22.5 Å². The molecule has 1 amide bonds. The molecule has 1 aromatic carbocycles.